The fraction of sp³-hybridized carbons (Fsp3) is 0.0455. The van der Waals surface area contributed by atoms with Crippen molar-refractivity contribution in [2.75, 3.05) is 0 Å². The molecule has 0 saturated carbocycles. The minimum absolute atomic E-state index is 0.738. The van der Waals surface area contributed by atoms with Crippen molar-refractivity contribution < 1.29 is 0 Å². The molecule has 26 heavy (non-hydrogen) atoms. The Labute approximate surface area is 161 Å². The van der Waals surface area contributed by atoms with Crippen LogP contribution in [0.4, 0.5) is 5.69 Å². The van der Waals surface area contributed by atoms with Gasteiger partial charge in [0.1, 0.15) is 0 Å². The lowest BCUT2D eigenvalue weighted by Gasteiger charge is -2.10. The van der Waals surface area contributed by atoms with Gasteiger partial charge >= 0.3 is 0 Å². The Morgan fingerprint density at radius 3 is 2.08 bits per heavy atom. The first kappa shape index (κ1) is 16.8. The van der Waals surface area contributed by atoms with Crippen LogP contribution in [0.15, 0.2) is 89.9 Å². The highest BCUT2D eigenvalue weighted by Crippen LogP contribution is 2.29. The first-order valence-corrected chi connectivity index (χ1v) is 9.55. The average Bonchev–Trinajstić information content (AvgIpc) is 3.00. The maximum absolute atomic E-state index is 6.09. The van der Waals surface area contributed by atoms with Crippen molar-refractivity contribution in [2.45, 2.75) is 6.92 Å². The standard InChI is InChI=1S/C22H17ClN2S/c1-16-21(17-12-14-18(23)15-13-17)25(20-10-6-3-7-11-20)22(26-16)24-19-8-4-2-5-9-19/h2-15H,1H3. The Kier molecular flexibility index (Phi) is 4.74. The molecule has 0 bridgehead atoms. The predicted molar refractivity (Wildman–Crippen MR) is 110 cm³/mol. The molecule has 4 aromatic rings. The van der Waals surface area contributed by atoms with E-state index in [1.165, 1.54) is 4.88 Å². The Morgan fingerprint density at radius 2 is 1.42 bits per heavy atom. The van der Waals surface area contributed by atoms with Crippen LogP contribution >= 0.6 is 22.9 Å². The SMILES string of the molecule is Cc1sc(=Nc2ccccc2)n(-c2ccccc2)c1-c1ccc(Cl)cc1. The molecule has 1 aromatic heterocycles. The summed E-state index contributed by atoms with van der Waals surface area (Å²) in [5.74, 6) is 0. The summed E-state index contributed by atoms with van der Waals surface area (Å²) in [7, 11) is 0. The van der Waals surface area contributed by atoms with Gasteiger partial charge in [0.15, 0.2) is 4.80 Å². The van der Waals surface area contributed by atoms with Crippen LogP contribution in [0.3, 0.4) is 0 Å². The summed E-state index contributed by atoms with van der Waals surface area (Å²) in [5.41, 5.74) is 4.31. The van der Waals surface area contributed by atoms with Crippen LogP contribution in [-0.4, -0.2) is 4.57 Å². The van der Waals surface area contributed by atoms with Crippen LogP contribution < -0.4 is 4.80 Å². The topological polar surface area (TPSA) is 17.3 Å². The van der Waals surface area contributed by atoms with Gasteiger partial charge in [-0.05, 0) is 48.9 Å². The fourth-order valence-electron chi connectivity index (χ4n) is 2.93. The number of aryl methyl sites for hydroxylation is 1. The van der Waals surface area contributed by atoms with Crippen LogP contribution in [0, 0.1) is 6.92 Å². The first-order valence-electron chi connectivity index (χ1n) is 8.36. The highest BCUT2D eigenvalue weighted by Gasteiger charge is 2.14. The van der Waals surface area contributed by atoms with Gasteiger partial charge in [-0.2, -0.15) is 0 Å². The van der Waals surface area contributed by atoms with E-state index < -0.39 is 0 Å². The molecule has 1 heterocycles. The summed E-state index contributed by atoms with van der Waals surface area (Å²) in [4.78, 5) is 7.06. The van der Waals surface area contributed by atoms with Crippen molar-refractivity contribution in [1.29, 1.82) is 0 Å². The number of para-hydroxylation sites is 2. The molecule has 0 unspecified atom stereocenters. The lowest BCUT2D eigenvalue weighted by molar-refractivity contribution is 1.01. The molecule has 0 amide bonds. The molecule has 0 spiro atoms. The zero-order chi connectivity index (χ0) is 17.9. The lowest BCUT2D eigenvalue weighted by Crippen LogP contribution is -2.13. The Bertz CT molecular complexity index is 1080. The molecule has 0 aliphatic carbocycles. The van der Waals surface area contributed by atoms with Gasteiger partial charge in [0.05, 0.1) is 11.4 Å². The number of hydrogen-bond acceptors (Lipinski definition) is 2. The van der Waals surface area contributed by atoms with Crippen LogP contribution in [-0.2, 0) is 0 Å². The number of rotatable bonds is 3. The number of aromatic nitrogens is 1. The second-order valence-electron chi connectivity index (χ2n) is 5.91. The van der Waals surface area contributed by atoms with Gasteiger partial charge in [-0.1, -0.05) is 60.1 Å². The van der Waals surface area contributed by atoms with Crippen LogP contribution in [0.1, 0.15) is 4.88 Å². The van der Waals surface area contributed by atoms with Crippen molar-refractivity contribution in [3.63, 3.8) is 0 Å². The van der Waals surface area contributed by atoms with E-state index in [1.54, 1.807) is 11.3 Å². The first-order chi connectivity index (χ1) is 12.7. The molecule has 3 aromatic carbocycles. The monoisotopic (exact) mass is 376 g/mol. The van der Waals surface area contributed by atoms with Gasteiger partial charge in [0.2, 0.25) is 0 Å². The molecule has 0 fully saturated rings. The molecule has 0 aliphatic heterocycles. The van der Waals surface area contributed by atoms with Crippen LogP contribution in [0.2, 0.25) is 5.02 Å². The van der Waals surface area contributed by atoms with Crippen molar-refractivity contribution in [3.05, 3.63) is 99.6 Å². The molecule has 4 rings (SSSR count). The van der Waals surface area contributed by atoms with Gasteiger partial charge in [-0.25, -0.2) is 4.99 Å². The lowest BCUT2D eigenvalue weighted by atomic mass is 10.1. The van der Waals surface area contributed by atoms with Gasteiger partial charge in [-0.15, -0.1) is 11.3 Å². The van der Waals surface area contributed by atoms with E-state index in [9.17, 15) is 0 Å². The van der Waals surface area contributed by atoms with E-state index in [1.807, 2.05) is 60.7 Å². The fourth-order valence-corrected chi connectivity index (χ4v) is 4.07. The average molecular weight is 377 g/mol. The minimum atomic E-state index is 0.738. The molecule has 0 atom stereocenters. The molecule has 128 valence electrons. The van der Waals surface area contributed by atoms with Crippen molar-refractivity contribution >= 4 is 28.6 Å². The Morgan fingerprint density at radius 1 is 0.808 bits per heavy atom. The van der Waals surface area contributed by atoms with E-state index in [-0.39, 0.29) is 0 Å². The number of halogens is 1. The summed E-state index contributed by atoms with van der Waals surface area (Å²) in [6, 6.07) is 28.4. The molecule has 0 aliphatic rings. The molecule has 0 radical (unpaired) electrons. The summed E-state index contributed by atoms with van der Waals surface area (Å²) < 4.78 is 2.22. The predicted octanol–water partition coefficient (Wildman–Crippen LogP) is 6.40. The van der Waals surface area contributed by atoms with E-state index in [0.29, 0.717) is 0 Å². The third-order valence-electron chi connectivity index (χ3n) is 4.11. The highest BCUT2D eigenvalue weighted by molar-refractivity contribution is 7.09. The third kappa shape index (κ3) is 3.36. The number of nitrogens with zero attached hydrogens (tertiary/aromatic N) is 2. The maximum atomic E-state index is 6.09. The van der Waals surface area contributed by atoms with E-state index in [0.717, 1.165) is 32.5 Å². The van der Waals surface area contributed by atoms with Gasteiger partial charge in [0.25, 0.3) is 0 Å². The zero-order valence-corrected chi connectivity index (χ0v) is 15.8. The zero-order valence-electron chi connectivity index (χ0n) is 14.3. The normalized spacial score (nSPS) is 11.7. The van der Waals surface area contributed by atoms with Gasteiger partial charge in [-0.3, -0.25) is 4.57 Å². The highest BCUT2D eigenvalue weighted by atomic mass is 35.5. The largest absolute Gasteiger partial charge is 0.285 e. The maximum Gasteiger partial charge on any atom is 0.195 e. The summed E-state index contributed by atoms with van der Waals surface area (Å²) in [5, 5.41) is 0.738. The Balaban J connectivity index is 2.01. The summed E-state index contributed by atoms with van der Waals surface area (Å²) >= 11 is 7.78. The van der Waals surface area contributed by atoms with Crippen LogP contribution in [0.5, 0.6) is 0 Å². The minimum Gasteiger partial charge on any atom is -0.285 e. The smallest absolute Gasteiger partial charge is 0.195 e. The quantitative estimate of drug-likeness (QED) is 0.393. The summed E-state index contributed by atoms with van der Waals surface area (Å²) in [6.07, 6.45) is 0. The molecular formula is C22H17ClN2S. The third-order valence-corrected chi connectivity index (χ3v) is 5.31. The molecule has 0 N–H and O–H groups in total. The second-order valence-corrected chi connectivity index (χ2v) is 7.53. The molecule has 4 heteroatoms. The molecule has 2 nitrogen and oxygen atoms in total. The Hall–Kier alpha value is -2.62. The number of hydrogen-bond donors (Lipinski definition) is 0. The van der Waals surface area contributed by atoms with Gasteiger partial charge in [0, 0.05) is 15.6 Å². The number of thiazole rings is 1. The number of benzene rings is 3. The molecular weight excluding hydrogens is 360 g/mol. The van der Waals surface area contributed by atoms with Crippen molar-refractivity contribution in [3.8, 4) is 16.9 Å². The van der Waals surface area contributed by atoms with Crippen molar-refractivity contribution in [2.24, 2.45) is 4.99 Å². The summed E-state index contributed by atoms with van der Waals surface area (Å²) in [6.45, 7) is 2.14. The van der Waals surface area contributed by atoms with Crippen molar-refractivity contribution in [1.82, 2.24) is 4.57 Å². The van der Waals surface area contributed by atoms with E-state index in [4.69, 9.17) is 16.6 Å². The van der Waals surface area contributed by atoms with Gasteiger partial charge < -0.3 is 0 Å². The van der Waals surface area contributed by atoms with Crippen LogP contribution in [0.25, 0.3) is 16.9 Å². The van der Waals surface area contributed by atoms with E-state index >= 15 is 0 Å². The van der Waals surface area contributed by atoms with E-state index in [2.05, 4.69) is 35.8 Å². The second kappa shape index (κ2) is 7.32. The molecule has 0 saturated heterocycles.